The molecule has 2 aromatic rings. The number of phenolic OH excluding ortho intramolecular Hbond substituents is 1. The highest BCUT2D eigenvalue weighted by Crippen LogP contribution is 2.35. The Balaban J connectivity index is 1.39. The minimum Gasteiger partial charge on any atom is -0.503 e. The number of carbonyl (C=O) groups is 2. The summed E-state index contributed by atoms with van der Waals surface area (Å²) in [7, 11) is 0. The number of phenols is 1. The van der Waals surface area contributed by atoms with Crippen LogP contribution in [0, 0.1) is 11.6 Å². The molecule has 154 valence electrons. The summed E-state index contributed by atoms with van der Waals surface area (Å²) in [5.41, 5.74) is 0.0990. The van der Waals surface area contributed by atoms with Gasteiger partial charge in [0.25, 0.3) is 5.91 Å². The SMILES string of the molecule is O=C(CCC1CSC(c2nc3cc(F)c(O)c(F)c3s2)=N1)ON1C(=O)CCC1O. The average molecular weight is 443 g/mol. The molecule has 0 radical (unpaired) electrons. The Morgan fingerprint density at radius 1 is 1.41 bits per heavy atom. The van der Waals surface area contributed by atoms with Gasteiger partial charge in [-0.25, -0.2) is 18.6 Å². The minimum atomic E-state index is -1.11. The van der Waals surface area contributed by atoms with Crippen molar-refractivity contribution in [2.45, 2.75) is 38.0 Å². The van der Waals surface area contributed by atoms with Gasteiger partial charge in [-0.15, -0.1) is 28.2 Å². The Bertz CT molecular complexity index is 1030. The molecule has 0 saturated carbocycles. The molecule has 1 amide bonds. The summed E-state index contributed by atoms with van der Waals surface area (Å²) in [4.78, 5) is 37.0. The van der Waals surface area contributed by atoms with Gasteiger partial charge in [-0.3, -0.25) is 9.79 Å². The molecule has 2 aliphatic rings. The Morgan fingerprint density at radius 3 is 2.93 bits per heavy atom. The molecule has 2 N–H and O–H groups in total. The van der Waals surface area contributed by atoms with E-state index in [9.17, 15) is 28.6 Å². The number of fused-ring (bicyclic) bond motifs is 1. The number of benzene rings is 1. The minimum absolute atomic E-state index is 0.00601. The fourth-order valence-electron chi connectivity index (χ4n) is 2.96. The van der Waals surface area contributed by atoms with Crippen molar-refractivity contribution in [3.05, 3.63) is 22.7 Å². The summed E-state index contributed by atoms with van der Waals surface area (Å²) in [6.07, 6.45) is -0.384. The topological polar surface area (TPSA) is 112 Å². The number of nitrogens with zero attached hydrogens (tertiary/aromatic N) is 3. The number of thioether (sulfide) groups is 1. The van der Waals surface area contributed by atoms with Crippen molar-refractivity contribution in [2.75, 3.05) is 5.75 Å². The second-order valence-corrected chi connectivity index (χ2v) is 8.54. The van der Waals surface area contributed by atoms with Crippen LogP contribution in [0.4, 0.5) is 8.78 Å². The zero-order valence-electron chi connectivity index (χ0n) is 14.8. The van der Waals surface area contributed by atoms with E-state index in [4.69, 9.17) is 4.84 Å². The van der Waals surface area contributed by atoms with E-state index in [-0.39, 0.29) is 35.5 Å². The summed E-state index contributed by atoms with van der Waals surface area (Å²) in [5, 5.41) is 20.6. The maximum absolute atomic E-state index is 14.0. The average Bonchev–Trinajstić information content (AvgIpc) is 3.40. The van der Waals surface area contributed by atoms with Gasteiger partial charge in [0.05, 0.1) is 22.7 Å². The molecule has 1 aromatic carbocycles. The van der Waals surface area contributed by atoms with Gasteiger partial charge in [0.2, 0.25) is 0 Å². The summed E-state index contributed by atoms with van der Waals surface area (Å²) in [6.45, 7) is 0. The monoisotopic (exact) mass is 443 g/mol. The third-order valence-electron chi connectivity index (χ3n) is 4.46. The zero-order valence-corrected chi connectivity index (χ0v) is 16.4. The van der Waals surface area contributed by atoms with Crippen molar-refractivity contribution >= 4 is 50.2 Å². The first-order chi connectivity index (χ1) is 13.8. The van der Waals surface area contributed by atoms with E-state index in [2.05, 4.69) is 9.98 Å². The molecule has 4 rings (SSSR count). The number of hydrogen-bond donors (Lipinski definition) is 2. The van der Waals surface area contributed by atoms with Crippen LogP contribution >= 0.6 is 23.1 Å². The third-order valence-corrected chi connectivity index (χ3v) is 6.78. The molecule has 29 heavy (non-hydrogen) atoms. The number of rotatable bonds is 5. The van der Waals surface area contributed by atoms with Gasteiger partial charge in [-0.2, -0.15) is 0 Å². The fourth-order valence-corrected chi connectivity index (χ4v) is 5.12. The number of thiazole rings is 1. The van der Waals surface area contributed by atoms with Gasteiger partial charge in [-0.05, 0) is 6.42 Å². The van der Waals surface area contributed by atoms with E-state index < -0.39 is 35.5 Å². The highest BCUT2D eigenvalue weighted by molar-refractivity contribution is 8.15. The first-order valence-corrected chi connectivity index (χ1v) is 10.5. The van der Waals surface area contributed by atoms with E-state index in [0.717, 1.165) is 17.4 Å². The quantitative estimate of drug-likeness (QED) is 0.729. The van der Waals surface area contributed by atoms with Crippen molar-refractivity contribution in [1.29, 1.82) is 0 Å². The molecule has 2 atom stereocenters. The van der Waals surface area contributed by atoms with E-state index in [1.165, 1.54) is 11.8 Å². The molecular formula is C17H15F2N3O5S2. The normalized spacial score (nSPS) is 21.8. The Labute approximate surface area is 171 Å². The largest absolute Gasteiger partial charge is 0.503 e. The standard InChI is InChI=1S/C17H15F2N3O5S2/c18-8-5-9-15(13(19)14(8)26)29-17(21-9)16-20-7(6-28-16)1-4-12(25)27-22-10(23)2-3-11(22)24/h5,7,10,23,26H,1-4,6H2. The Kier molecular flexibility index (Phi) is 5.40. The Morgan fingerprint density at radius 2 is 2.21 bits per heavy atom. The lowest BCUT2D eigenvalue weighted by molar-refractivity contribution is -0.220. The maximum atomic E-state index is 14.0. The smallest absolute Gasteiger partial charge is 0.332 e. The highest BCUT2D eigenvalue weighted by Gasteiger charge is 2.33. The lowest BCUT2D eigenvalue weighted by Crippen LogP contribution is -2.35. The van der Waals surface area contributed by atoms with E-state index in [1.807, 2.05) is 0 Å². The van der Waals surface area contributed by atoms with Gasteiger partial charge in [0, 0.05) is 24.7 Å². The number of carbonyl (C=O) groups excluding carboxylic acids is 2. The first kappa shape index (κ1) is 20.0. The van der Waals surface area contributed by atoms with Crippen LogP contribution < -0.4 is 0 Å². The predicted molar refractivity (Wildman–Crippen MR) is 101 cm³/mol. The second kappa shape index (κ2) is 7.84. The molecule has 0 spiro atoms. The second-order valence-electron chi connectivity index (χ2n) is 6.53. The molecule has 0 bridgehead atoms. The fraction of sp³-hybridized carbons (Fsp3) is 0.412. The van der Waals surface area contributed by atoms with Crippen LogP contribution in [0.15, 0.2) is 11.1 Å². The van der Waals surface area contributed by atoms with E-state index >= 15 is 0 Å². The molecule has 2 aliphatic heterocycles. The molecule has 12 heteroatoms. The molecule has 8 nitrogen and oxygen atoms in total. The molecule has 3 heterocycles. The number of amides is 1. The lowest BCUT2D eigenvalue weighted by Gasteiger charge is -2.18. The molecule has 2 unspecified atom stereocenters. The number of aromatic nitrogens is 1. The van der Waals surface area contributed by atoms with Crippen LogP contribution in [0.2, 0.25) is 0 Å². The number of hydrogen-bond acceptors (Lipinski definition) is 9. The number of aromatic hydroxyl groups is 1. The predicted octanol–water partition coefficient (Wildman–Crippen LogP) is 2.32. The molecule has 1 fully saturated rings. The van der Waals surface area contributed by atoms with E-state index in [0.29, 0.717) is 27.3 Å². The van der Waals surface area contributed by atoms with E-state index in [1.54, 1.807) is 0 Å². The molecule has 0 aliphatic carbocycles. The number of aliphatic hydroxyl groups is 1. The van der Waals surface area contributed by atoms with Crippen LogP contribution in [0.1, 0.15) is 30.7 Å². The van der Waals surface area contributed by atoms with Crippen molar-refractivity contribution < 1.29 is 33.4 Å². The summed E-state index contributed by atoms with van der Waals surface area (Å²) < 4.78 is 27.5. The van der Waals surface area contributed by atoms with Gasteiger partial charge < -0.3 is 15.1 Å². The summed E-state index contributed by atoms with van der Waals surface area (Å²) in [5.74, 6) is -3.66. The molecule has 1 aromatic heterocycles. The number of hydroxylamine groups is 2. The first-order valence-electron chi connectivity index (χ1n) is 8.73. The molecule has 1 saturated heterocycles. The number of aliphatic imine (C=N–C) groups is 1. The highest BCUT2D eigenvalue weighted by atomic mass is 32.2. The van der Waals surface area contributed by atoms with Crippen LogP contribution in [-0.2, 0) is 14.4 Å². The van der Waals surface area contributed by atoms with Gasteiger partial charge in [-0.1, -0.05) is 0 Å². The zero-order chi connectivity index (χ0) is 20.7. The van der Waals surface area contributed by atoms with Crippen molar-refractivity contribution in [2.24, 2.45) is 4.99 Å². The van der Waals surface area contributed by atoms with Gasteiger partial charge in [0.1, 0.15) is 10.1 Å². The molecular weight excluding hydrogens is 428 g/mol. The summed E-state index contributed by atoms with van der Waals surface area (Å²) in [6, 6.07) is 0.763. The summed E-state index contributed by atoms with van der Waals surface area (Å²) >= 11 is 2.35. The number of halogens is 2. The van der Waals surface area contributed by atoms with Crippen molar-refractivity contribution in [3.63, 3.8) is 0 Å². The third kappa shape index (κ3) is 3.91. The maximum Gasteiger partial charge on any atom is 0.332 e. The van der Waals surface area contributed by atoms with Crippen LogP contribution in [0.5, 0.6) is 5.75 Å². The number of aliphatic hydroxyl groups excluding tert-OH is 1. The Hall–Kier alpha value is -2.31. The van der Waals surface area contributed by atoms with Crippen molar-refractivity contribution in [3.8, 4) is 5.75 Å². The van der Waals surface area contributed by atoms with Crippen LogP contribution in [0.3, 0.4) is 0 Å². The van der Waals surface area contributed by atoms with Crippen LogP contribution in [0.25, 0.3) is 10.2 Å². The van der Waals surface area contributed by atoms with Gasteiger partial charge >= 0.3 is 5.97 Å². The lowest BCUT2D eigenvalue weighted by atomic mass is 10.2. The van der Waals surface area contributed by atoms with Crippen LogP contribution in [-0.4, -0.2) is 55.2 Å². The van der Waals surface area contributed by atoms with Gasteiger partial charge in [0.15, 0.2) is 23.6 Å². The van der Waals surface area contributed by atoms with Crippen molar-refractivity contribution in [1.82, 2.24) is 10.0 Å².